The van der Waals surface area contributed by atoms with E-state index >= 15 is 0 Å². The van der Waals surface area contributed by atoms with Gasteiger partial charge in [0.15, 0.2) is 0 Å². The summed E-state index contributed by atoms with van der Waals surface area (Å²) >= 11 is 0. The van der Waals surface area contributed by atoms with E-state index in [1.165, 1.54) is 0 Å². The lowest BCUT2D eigenvalue weighted by Crippen LogP contribution is -2.46. The standard InChI is InChI=1S/C12H17N3O/c1-13-11-4-2-3-10(9-11)12(16)15-7-5-14-6-8-15/h2-4,9,13-14H,5-8H2,1H3. The fraction of sp³-hybridized carbons (Fsp3) is 0.417. The minimum absolute atomic E-state index is 0.124. The van der Waals surface area contributed by atoms with E-state index in [1.54, 1.807) is 0 Å². The average molecular weight is 219 g/mol. The molecule has 16 heavy (non-hydrogen) atoms. The lowest BCUT2D eigenvalue weighted by Gasteiger charge is -2.27. The molecule has 1 amide bonds. The van der Waals surface area contributed by atoms with E-state index in [-0.39, 0.29) is 5.91 Å². The van der Waals surface area contributed by atoms with Gasteiger partial charge in [-0.05, 0) is 18.2 Å². The van der Waals surface area contributed by atoms with Gasteiger partial charge in [-0.3, -0.25) is 4.79 Å². The molecule has 1 aliphatic heterocycles. The Hall–Kier alpha value is -1.55. The van der Waals surface area contributed by atoms with Crippen LogP contribution in [-0.4, -0.2) is 44.0 Å². The SMILES string of the molecule is CNc1cccc(C(=O)N2CCNCC2)c1. The van der Waals surface area contributed by atoms with Gasteiger partial charge in [-0.15, -0.1) is 0 Å². The average Bonchev–Trinajstić information content (AvgIpc) is 2.39. The van der Waals surface area contributed by atoms with Gasteiger partial charge in [0, 0.05) is 44.5 Å². The van der Waals surface area contributed by atoms with Crippen LogP contribution in [0.25, 0.3) is 0 Å². The monoisotopic (exact) mass is 219 g/mol. The highest BCUT2D eigenvalue weighted by atomic mass is 16.2. The van der Waals surface area contributed by atoms with Crippen LogP contribution < -0.4 is 10.6 Å². The molecule has 0 unspecified atom stereocenters. The molecule has 0 saturated carbocycles. The minimum atomic E-state index is 0.124. The third-order valence-corrected chi connectivity index (χ3v) is 2.80. The van der Waals surface area contributed by atoms with Crippen molar-refractivity contribution >= 4 is 11.6 Å². The van der Waals surface area contributed by atoms with Gasteiger partial charge in [-0.2, -0.15) is 0 Å². The smallest absolute Gasteiger partial charge is 0.254 e. The predicted molar refractivity (Wildman–Crippen MR) is 64.8 cm³/mol. The van der Waals surface area contributed by atoms with Crippen LogP contribution in [0.1, 0.15) is 10.4 Å². The van der Waals surface area contributed by atoms with Gasteiger partial charge in [0.25, 0.3) is 5.91 Å². The summed E-state index contributed by atoms with van der Waals surface area (Å²) in [4.78, 5) is 14.0. The third-order valence-electron chi connectivity index (χ3n) is 2.80. The second-order valence-electron chi connectivity index (χ2n) is 3.87. The van der Waals surface area contributed by atoms with Crippen LogP contribution in [0.2, 0.25) is 0 Å². The molecule has 1 fully saturated rings. The van der Waals surface area contributed by atoms with Crippen molar-refractivity contribution in [1.82, 2.24) is 10.2 Å². The Morgan fingerprint density at radius 2 is 2.12 bits per heavy atom. The van der Waals surface area contributed by atoms with Gasteiger partial charge in [-0.1, -0.05) is 6.07 Å². The number of rotatable bonds is 2. The maximum atomic E-state index is 12.1. The second-order valence-corrected chi connectivity index (χ2v) is 3.87. The normalized spacial score (nSPS) is 15.9. The van der Waals surface area contributed by atoms with Crippen LogP contribution in [0.15, 0.2) is 24.3 Å². The molecule has 0 aromatic heterocycles. The van der Waals surface area contributed by atoms with Gasteiger partial charge >= 0.3 is 0 Å². The Balaban J connectivity index is 2.12. The molecule has 2 N–H and O–H groups in total. The van der Waals surface area contributed by atoms with E-state index in [9.17, 15) is 4.79 Å². The molecule has 4 heteroatoms. The number of carbonyl (C=O) groups excluding carboxylic acids is 1. The number of carbonyl (C=O) groups is 1. The lowest BCUT2D eigenvalue weighted by molar-refractivity contribution is 0.0736. The van der Waals surface area contributed by atoms with E-state index in [1.807, 2.05) is 36.2 Å². The number of hydrogen-bond donors (Lipinski definition) is 2. The molecule has 0 radical (unpaired) electrons. The van der Waals surface area contributed by atoms with Crippen molar-refractivity contribution in [2.24, 2.45) is 0 Å². The van der Waals surface area contributed by atoms with E-state index < -0.39 is 0 Å². The molecule has 1 heterocycles. The first-order chi connectivity index (χ1) is 7.81. The maximum Gasteiger partial charge on any atom is 0.254 e. The highest BCUT2D eigenvalue weighted by Gasteiger charge is 2.17. The summed E-state index contributed by atoms with van der Waals surface area (Å²) in [5, 5.41) is 6.28. The van der Waals surface area contributed by atoms with E-state index in [0.29, 0.717) is 0 Å². The Morgan fingerprint density at radius 1 is 1.38 bits per heavy atom. The number of nitrogens with one attached hydrogen (secondary N) is 2. The van der Waals surface area contributed by atoms with Gasteiger partial charge in [0.2, 0.25) is 0 Å². The van der Waals surface area contributed by atoms with Crippen LogP contribution in [0.3, 0.4) is 0 Å². The molecular weight excluding hydrogens is 202 g/mol. The molecule has 86 valence electrons. The Kier molecular flexibility index (Phi) is 3.41. The summed E-state index contributed by atoms with van der Waals surface area (Å²) < 4.78 is 0. The van der Waals surface area contributed by atoms with Crippen molar-refractivity contribution in [2.75, 3.05) is 38.5 Å². The first-order valence-corrected chi connectivity index (χ1v) is 5.59. The molecule has 0 bridgehead atoms. The maximum absolute atomic E-state index is 12.1. The molecule has 0 spiro atoms. The molecule has 2 rings (SSSR count). The van der Waals surface area contributed by atoms with Gasteiger partial charge in [0.1, 0.15) is 0 Å². The summed E-state index contributed by atoms with van der Waals surface area (Å²) in [6, 6.07) is 7.62. The van der Waals surface area contributed by atoms with Crippen molar-refractivity contribution in [1.29, 1.82) is 0 Å². The Morgan fingerprint density at radius 3 is 2.81 bits per heavy atom. The first-order valence-electron chi connectivity index (χ1n) is 5.59. The van der Waals surface area contributed by atoms with Crippen LogP contribution in [-0.2, 0) is 0 Å². The third kappa shape index (κ3) is 2.33. The molecule has 0 atom stereocenters. The number of benzene rings is 1. The van der Waals surface area contributed by atoms with Crippen molar-refractivity contribution < 1.29 is 4.79 Å². The molecule has 1 aromatic rings. The number of nitrogens with zero attached hydrogens (tertiary/aromatic N) is 1. The summed E-state index contributed by atoms with van der Waals surface area (Å²) in [5.74, 6) is 0.124. The fourth-order valence-electron chi connectivity index (χ4n) is 1.86. The highest BCUT2D eigenvalue weighted by Crippen LogP contribution is 2.12. The molecule has 0 aliphatic carbocycles. The zero-order valence-electron chi connectivity index (χ0n) is 9.49. The molecule has 1 saturated heterocycles. The van der Waals surface area contributed by atoms with Crippen LogP contribution in [0.4, 0.5) is 5.69 Å². The zero-order valence-corrected chi connectivity index (χ0v) is 9.49. The summed E-state index contributed by atoms with van der Waals surface area (Å²) in [6.07, 6.45) is 0. The van der Waals surface area contributed by atoms with Crippen LogP contribution in [0.5, 0.6) is 0 Å². The summed E-state index contributed by atoms with van der Waals surface area (Å²) in [6.45, 7) is 3.36. The second kappa shape index (κ2) is 4.99. The minimum Gasteiger partial charge on any atom is -0.388 e. The molecular formula is C12H17N3O. The van der Waals surface area contributed by atoms with Crippen LogP contribution in [0, 0.1) is 0 Å². The largest absolute Gasteiger partial charge is 0.388 e. The van der Waals surface area contributed by atoms with E-state index in [0.717, 1.165) is 37.4 Å². The number of piperazine rings is 1. The van der Waals surface area contributed by atoms with Crippen molar-refractivity contribution in [3.63, 3.8) is 0 Å². The topological polar surface area (TPSA) is 44.4 Å². The molecule has 1 aliphatic rings. The Labute approximate surface area is 95.6 Å². The number of anilines is 1. The lowest BCUT2D eigenvalue weighted by atomic mass is 10.1. The quantitative estimate of drug-likeness (QED) is 0.772. The van der Waals surface area contributed by atoms with Gasteiger partial charge in [-0.25, -0.2) is 0 Å². The number of amides is 1. The Bertz CT molecular complexity index is 372. The first kappa shape index (κ1) is 11.0. The van der Waals surface area contributed by atoms with Gasteiger partial charge < -0.3 is 15.5 Å². The predicted octanol–water partition coefficient (Wildman–Crippen LogP) is 0.774. The summed E-state index contributed by atoms with van der Waals surface area (Å²) in [7, 11) is 1.86. The fourth-order valence-corrected chi connectivity index (χ4v) is 1.86. The van der Waals surface area contributed by atoms with Crippen molar-refractivity contribution in [3.05, 3.63) is 29.8 Å². The highest BCUT2D eigenvalue weighted by molar-refractivity contribution is 5.95. The zero-order chi connectivity index (χ0) is 11.4. The molecule has 4 nitrogen and oxygen atoms in total. The summed E-state index contributed by atoms with van der Waals surface area (Å²) in [5.41, 5.74) is 1.73. The van der Waals surface area contributed by atoms with E-state index in [2.05, 4.69) is 10.6 Å². The van der Waals surface area contributed by atoms with Crippen LogP contribution >= 0.6 is 0 Å². The molecule has 1 aromatic carbocycles. The van der Waals surface area contributed by atoms with Crippen molar-refractivity contribution in [2.45, 2.75) is 0 Å². The van der Waals surface area contributed by atoms with Gasteiger partial charge in [0.05, 0.1) is 0 Å². The van der Waals surface area contributed by atoms with Crippen molar-refractivity contribution in [3.8, 4) is 0 Å². The number of hydrogen-bond acceptors (Lipinski definition) is 3. The van der Waals surface area contributed by atoms with E-state index in [4.69, 9.17) is 0 Å².